The van der Waals surface area contributed by atoms with Gasteiger partial charge in [-0.05, 0) is 72.5 Å². The summed E-state index contributed by atoms with van der Waals surface area (Å²) in [5.74, 6) is -0.270. The second kappa shape index (κ2) is 8.46. The van der Waals surface area contributed by atoms with Gasteiger partial charge >= 0.3 is 5.97 Å². The first-order chi connectivity index (χ1) is 13.0. The van der Waals surface area contributed by atoms with E-state index in [1.54, 1.807) is 0 Å². The van der Waals surface area contributed by atoms with Gasteiger partial charge in [0.05, 0.1) is 12.8 Å². The SMILES string of the molecule is CCC1(CCC(=O)Nc2ccccc2I)CCCn2c(C(=O)OC)ccc21. The number of fused-ring (bicyclic) bond motifs is 1. The number of hydrogen-bond acceptors (Lipinski definition) is 3. The Labute approximate surface area is 173 Å². The number of ether oxygens (including phenoxy) is 1. The number of amides is 1. The number of hydrogen-bond donors (Lipinski definition) is 1. The van der Waals surface area contributed by atoms with Gasteiger partial charge in [-0.3, -0.25) is 4.79 Å². The van der Waals surface area contributed by atoms with Crippen molar-refractivity contribution >= 4 is 40.2 Å². The fourth-order valence-corrected chi connectivity index (χ4v) is 4.60. The number of nitrogens with one attached hydrogen (secondary N) is 1. The van der Waals surface area contributed by atoms with E-state index in [0.29, 0.717) is 12.1 Å². The molecule has 1 aliphatic rings. The third-order valence-corrected chi connectivity index (χ3v) is 6.55. The van der Waals surface area contributed by atoms with Gasteiger partial charge in [0.15, 0.2) is 0 Å². The third kappa shape index (κ3) is 4.05. The largest absolute Gasteiger partial charge is 0.464 e. The highest BCUT2D eigenvalue weighted by Crippen LogP contribution is 2.42. The topological polar surface area (TPSA) is 60.3 Å². The lowest BCUT2D eigenvalue weighted by atomic mass is 9.72. The van der Waals surface area contributed by atoms with Crippen LogP contribution >= 0.6 is 22.6 Å². The zero-order valence-corrected chi connectivity index (χ0v) is 17.9. The Hall–Kier alpha value is -1.83. The van der Waals surface area contributed by atoms with Crippen molar-refractivity contribution in [2.24, 2.45) is 0 Å². The average molecular weight is 480 g/mol. The Morgan fingerprint density at radius 2 is 2.04 bits per heavy atom. The van der Waals surface area contributed by atoms with E-state index < -0.39 is 0 Å². The molecule has 6 heteroatoms. The summed E-state index contributed by atoms with van der Waals surface area (Å²) >= 11 is 2.23. The van der Waals surface area contributed by atoms with Crippen LogP contribution in [0.4, 0.5) is 5.69 Å². The minimum atomic E-state index is -0.301. The number of aromatic nitrogens is 1. The second-order valence-electron chi connectivity index (χ2n) is 7.01. The third-order valence-electron chi connectivity index (χ3n) is 5.61. The molecular weight excluding hydrogens is 455 g/mol. The van der Waals surface area contributed by atoms with Gasteiger partial charge in [0.25, 0.3) is 0 Å². The van der Waals surface area contributed by atoms with Gasteiger partial charge in [-0.15, -0.1) is 0 Å². The van der Waals surface area contributed by atoms with Crippen LogP contribution in [0.5, 0.6) is 0 Å². The predicted molar refractivity (Wildman–Crippen MR) is 114 cm³/mol. The Bertz CT molecular complexity index is 846. The van der Waals surface area contributed by atoms with E-state index in [1.165, 1.54) is 7.11 Å². The molecular formula is C21H25IN2O3. The highest BCUT2D eigenvalue weighted by atomic mass is 127. The maximum atomic E-state index is 12.5. The molecule has 1 atom stereocenters. The maximum absolute atomic E-state index is 12.5. The van der Waals surface area contributed by atoms with Crippen molar-refractivity contribution in [2.75, 3.05) is 12.4 Å². The molecule has 2 aromatic rings. The molecule has 1 aliphatic heterocycles. The number of nitrogens with zero attached hydrogens (tertiary/aromatic N) is 1. The minimum absolute atomic E-state index is 0.0313. The molecule has 5 nitrogen and oxygen atoms in total. The number of carbonyl (C=O) groups is 2. The van der Waals surface area contributed by atoms with E-state index in [4.69, 9.17) is 4.74 Å². The summed E-state index contributed by atoms with van der Waals surface area (Å²) in [6.45, 7) is 2.99. The number of methoxy groups -OCH3 is 1. The number of benzene rings is 1. The van der Waals surface area contributed by atoms with Crippen molar-refractivity contribution in [1.82, 2.24) is 4.57 Å². The van der Waals surface area contributed by atoms with Crippen molar-refractivity contribution in [1.29, 1.82) is 0 Å². The molecule has 0 radical (unpaired) electrons. The second-order valence-corrected chi connectivity index (χ2v) is 8.17. The zero-order chi connectivity index (χ0) is 19.4. The number of anilines is 1. The number of carbonyl (C=O) groups excluding carboxylic acids is 2. The first-order valence-electron chi connectivity index (χ1n) is 9.33. The molecule has 0 spiro atoms. The van der Waals surface area contributed by atoms with Crippen LogP contribution in [0.25, 0.3) is 0 Å². The first-order valence-corrected chi connectivity index (χ1v) is 10.4. The minimum Gasteiger partial charge on any atom is -0.464 e. The van der Waals surface area contributed by atoms with Crippen LogP contribution in [0, 0.1) is 3.57 Å². The molecule has 0 bridgehead atoms. The molecule has 1 N–H and O–H groups in total. The van der Waals surface area contributed by atoms with E-state index in [-0.39, 0.29) is 17.3 Å². The number of rotatable bonds is 6. The van der Waals surface area contributed by atoms with Gasteiger partial charge in [0.1, 0.15) is 5.69 Å². The monoisotopic (exact) mass is 480 g/mol. The van der Waals surface area contributed by atoms with Crippen molar-refractivity contribution in [2.45, 2.75) is 51.0 Å². The fraction of sp³-hybridized carbons (Fsp3) is 0.429. The van der Waals surface area contributed by atoms with Crippen LogP contribution in [0.15, 0.2) is 36.4 Å². The molecule has 1 aromatic heterocycles. The van der Waals surface area contributed by atoms with Crippen LogP contribution in [0.3, 0.4) is 0 Å². The summed E-state index contributed by atoms with van der Waals surface area (Å²) < 4.78 is 8.02. The Morgan fingerprint density at radius 1 is 1.26 bits per heavy atom. The summed E-state index contributed by atoms with van der Waals surface area (Å²) in [4.78, 5) is 24.6. The highest BCUT2D eigenvalue weighted by molar-refractivity contribution is 14.1. The summed E-state index contributed by atoms with van der Waals surface area (Å²) in [6, 6.07) is 11.7. The summed E-state index contributed by atoms with van der Waals surface area (Å²) in [7, 11) is 1.41. The quantitative estimate of drug-likeness (QED) is 0.480. The molecule has 27 heavy (non-hydrogen) atoms. The zero-order valence-electron chi connectivity index (χ0n) is 15.8. The predicted octanol–water partition coefficient (Wildman–Crippen LogP) is 4.74. The number of esters is 1. The molecule has 1 aromatic carbocycles. The van der Waals surface area contributed by atoms with Gasteiger partial charge in [0.2, 0.25) is 5.91 Å². The van der Waals surface area contributed by atoms with Gasteiger partial charge in [-0.2, -0.15) is 0 Å². The van der Waals surface area contributed by atoms with Crippen LogP contribution in [0.1, 0.15) is 55.2 Å². The molecule has 0 saturated carbocycles. The standard InChI is InChI=1S/C21H25IN2O3/c1-3-21(13-11-19(25)23-16-8-5-4-7-15(16)22)12-6-14-24-17(20(26)27-2)9-10-18(21)24/h4-5,7-10H,3,6,11-14H2,1-2H3,(H,23,25). The van der Waals surface area contributed by atoms with E-state index in [1.807, 2.05) is 36.4 Å². The molecule has 2 heterocycles. The lowest BCUT2D eigenvalue weighted by molar-refractivity contribution is -0.116. The molecule has 3 rings (SSSR count). The number of para-hydroxylation sites is 1. The van der Waals surface area contributed by atoms with Crippen molar-refractivity contribution in [3.8, 4) is 0 Å². The Kier molecular flexibility index (Phi) is 6.24. The van der Waals surface area contributed by atoms with E-state index in [9.17, 15) is 9.59 Å². The highest BCUT2D eigenvalue weighted by Gasteiger charge is 2.37. The molecule has 144 valence electrons. The molecule has 0 aliphatic carbocycles. The van der Waals surface area contributed by atoms with E-state index >= 15 is 0 Å². The van der Waals surface area contributed by atoms with Gasteiger partial charge in [-0.25, -0.2) is 4.79 Å². The van der Waals surface area contributed by atoms with E-state index in [2.05, 4.69) is 39.4 Å². The van der Waals surface area contributed by atoms with Crippen molar-refractivity contribution in [3.63, 3.8) is 0 Å². The summed E-state index contributed by atoms with van der Waals surface area (Å²) in [5.41, 5.74) is 2.53. The lowest BCUT2D eigenvalue weighted by Crippen LogP contribution is -2.35. The van der Waals surface area contributed by atoms with Crippen molar-refractivity contribution in [3.05, 3.63) is 51.4 Å². The van der Waals surface area contributed by atoms with Crippen LogP contribution < -0.4 is 5.32 Å². The maximum Gasteiger partial charge on any atom is 0.354 e. The molecule has 0 fully saturated rings. The van der Waals surface area contributed by atoms with Gasteiger partial charge in [-0.1, -0.05) is 19.1 Å². The molecule has 0 saturated heterocycles. The molecule has 1 unspecified atom stereocenters. The first kappa shape index (κ1) is 19.9. The summed E-state index contributed by atoms with van der Waals surface area (Å²) in [5, 5.41) is 3.02. The Morgan fingerprint density at radius 3 is 2.74 bits per heavy atom. The Balaban J connectivity index is 1.76. The average Bonchev–Trinajstić information content (AvgIpc) is 3.12. The van der Waals surface area contributed by atoms with E-state index in [0.717, 1.165) is 47.2 Å². The normalized spacial score (nSPS) is 18.6. The van der Waals surface area contributed by atoms with Crippen molar-refractivity contribution < 1.29 is 14.3 Å². The van der Waals surface area contributed by atoms with Crippen LogP contribution in [-0.4, -0.2) is 23.6 Å². The fourth-order valence-electron chi connectivity index (χ4n) is 4.07. The van der Waals surface area contributed by atoms with Crippen LogP contribution in [0.2, 0.25) is 0 Å². The molecule has 1 amide bonds. The van der Waals surface area contributed by atoms with Gasteiger partial charge in [0, 0.05) is 27.6 Å². The summed E-state index contributed by atoms with van der Waals surface area (Å²) in [6.07, 6.45) is 4.19. The van der Waals surface area contributed by atoms with Crippen LogP contribution in [-0.2, 0) is 21.5 Å². The lowest BCUT2D eigenvalue weighted by Gasteiger charge is -2.38. The van der Waals surface area contributed by atoms with Gasteiger partial charge < -0.3 is 14.6 Å². The smallest absolute Gasteiger partial charge is 0.354 e. The number of halogens is 1.